The van der Waals surface area contributed by atoms with Crippen LogP contribution in [0.15, 0.2) is 24.3 Å². The van der Waals surface area contributed by atoms with E-state index in [0.717, 1.165) is 18.4 Å². The molecule has 2 heterocycles. The van der Waals surface area contributed by atoms with Crippen LogP contribution in [0.4, 0.5) is 10.5 Å². The van der Waals surface area contributed by atoms with E-state index in [2.05, 4.69) is 0 Å². The van der Waals surface area contributed by atoms with Crippen LogP contribution in [0.3, 0.4) is 0 Å². The van der Waals surface area contributed by atoms with Crippen molar-refractivity contribution in [1.82, 2.24) is 4.90 Å². The molecule has 0 saturated carbocycles. The largest absolute Gasteiger partial charge is 0.444 e. The molecule has 0 spiro atoms. The van der Waals surface area contributed by atoms with E-state index in [1.54, 1.807) is 4.90 Å². The highest BCUT2D eigenvalue weighted by molar-refractivity contribution is 6.20. The number of hydrogen-bond acceptors (Lipinski definition) is 4. The molecule has 0 radical (unpaired) electrons. The number of hydrogen-bond donors (Lipinski definition) is 0. The zero-order valence-corrected chi connectivity index (χ0v) is 15.7. The first kappa shape index (κ1) is 18.4. The second kappa shape index (κ2) is 7.09. The van der Waals surface area contributed by atoms with E-state index in [1.807, 2.05) is 45.0 Å². The Balaban J connectivity index is 1.72. The van der Waals surface area contributed by atoms with Gasteiger partial charge in [0.15, 0.2) is 0 Å². The molecule has 1 aromatic carbocycles. The van der Waals surface area contributed by atoms with E-state index in [-0.39, 0.29) is 36.7 Å². The Kier molecular flexibility index (Phi) is 5.03. The van der Waals surface area contributed by atoms with Crippen molar-refractivity contribution in [3.63, 3.8) is 0 Å². The second-order valence-corrected chi connectivity index (χ2v) is 7.92. The van der Waals surface area contributed by atoms with Crippen LogP contribution < -0.4 is 4.90 Å². The van der Waals surface area contributed by atoms with Gasteiger partial charge in [0.05, 0.1) is 5.69 Å². The Hall–Kier alpha value is -2.37. The van der Waals surface area contributed by atoms with Crippen LogP contribution in [-0.4, -0.2) is 41.5 Å². The number of imide groups is 1. The predicted molar refractivity (Wildman–Crippen MR) is 98.0 cm³/mol. The van der Waals surface area contributed by atoms with Crippen molar-refractivity contribution in [2.24, 2.45) is 0 Å². The Morgan fingerprint density at radius 3 is 2.19 bits per heavy atom. The van der Waals surface area contributed by atoms with Crippen molar-refractivity contribution >= 4 is 23.6 Å². The summed E-state index contributed by atoms with van der Waals surface area (Å²) in [6.45, 7) is 6.79. The molecule has 0 unspecified atom stereocenters. The molecule has 26 heavy (non-hydrogen) atoms. The van der Waals surface area contributed by atoms with Crippen molar-refractivity contribution in [2.75, 3.05) is 18.0 Å². The summed E-state index contributed by atoms with van der Waals surface area (Å²) in [4.78, 5) is 39.5. The molecule has 0 aromatic heterocycles. The van der Waals surface area contributed by atoms with E-state index < -0.39 is 5.60 Å². The van der Waals surface area contributed by atoms with E-state index in [9.17, 15) is 14.4 Å². The third-order valence-corrected chi connectivity index (χ3v) is 4.82. The minimum absolute atomic E-state index is 0.131. The predicted octanol–water partition coefficient (Wildman–Crippen LogP) is 3.45. The molecule has 2 fully saturated rings. The van der Waals surface area contributed by atoms with Crippen LogP contribution in [0.25, 0.3) is 0 Å². The maximum atomic E-state index is 12.2. The molecule has 2 saturated heterocycles. The molecule has 6 heteroatoms. The molecule has 140 valence electrons. The third kappa shape index (κ3) is 3.89. The summed E-state index contributed by atoms with van der Waals surface area (Å²) < 4.78 is 5.44. The van der Waals surface area contributed by atoms with Crippen molar-refractivity contribution < 1.29 is 19.1 Å². The minimum Gasteiger partial charge on any atom is -0.444 e. The molecule has 3 amide bonds. The number of nitrogens with zero attached hydrogens (tertiary/aromatic N) is 2. The quantitative estimate of drug-likeness (QED) is 0.760. The average molecular weight is 358 g/mol. The molecule has 0 N–H and O–H groups in total. The highest BCUT2D eigenvalue weighted by Gasteiger charge is 2.34. The molecule has 0 atom stereocenters. The van der Waals surface area contributed by atoms with Gasteiger partial charge in [0.25, 0.3) is 0 Å². The topological polar surface area (TPSA) is 66.9 Å². The lowest BCUT2D eigenvalue weighted by molar-refractivity contribution is -0.121. The molecule has 3 rings (SSSR count). The van der Waals surface area contributed by atoms with Crippen molar-refractivity contribution in [2.45, 2.75) is 58.0 Å². The van der Waals surface area contributed by atoms with Gasteiger partial charge in [-0.05, 0) is 51.2 Å². The standard InChI is InChI=1S/C20H26N2O4/c1-20(2,3)26-19(25)21-12-10-14(11-13-21)15-6-4-5-7-16(15)22-17(23)8-9-18(22)24/h4-7,14H,8-13H2,1-3H3. The van der Waals surface area contributed by atoms with Crippen molar-refractivity contribution in [3.05, 3.63) is 29.8 Å². The van der Waals surface area contributed by atoms with Gasteiger partial charge in [-0.15, -0.1) is 0 Å². The SMILES string of the molecule is CC(C)(C)OC(=O)N1CCC(c2ccccc2N2C(=O)CCC2=O)CC1. The van der Waals surface area contributed by atoms with Gasteiger partial charge < -0.3 is 9.64 Å². The van der Waals surface area contributed by atoms with Crippen LogP contribution in [0.1, 0.15) is 57.9 Å². The van der Waals surface area contributed by atoms with Crippen molar-refractivity contribution in [1.29, 1.82) is 0 Å². The van der Waals surface area contributed by atoms with E-state index in [1.165, 1.54) is 4.90 Å². The second-order valence-electron chi connectivity index (χ2n) is 7.92. The zero-order valence-electron chi connectivity index (χ0n) is 15.7. The summed E-state index contributed by atoms with van der Waals surface area (Å²) in [6.07, 6.45) is 1.85. The van der Waals surface area contributed by atoms with Gasteiger partial charge >= 0.3 is 6.09 Å². The highest BCUT2D eigenvalue weighted by atomic mass is 16.6. The lowest BCUT2D eigenvalue weighted by Crippen LogP contribution is -2.41. The number of benzene rings is 1. The van der Waals surface area contributed by atoms with Gasteiger partial charge in [-0.25, -0.2) is 4.79 Å². The monoisotopic (exact) mass is 358 g/mol. The summed E-state index contributed by atoms with van der Waals surface area (Å²) in [5.41, 5.74) is 1.22. The van der Waals surface area contributed by atoms with E-state index >= 15 is 0 Å². The maximum absolute atomic E-state index is 12.2. The van der Waals surface area contributed by atoms with Crippen LogP contribution >= 0.6 is 0 Å². The van der Waals surface area contributed by atoms with Crippen LogP contribution in [0, 0.1) is 0 Å². The summed E-state index contributed by atoms with van der Waals surface area (Å²) in [5.74, 6) is -0.0478. The van der Waals surface area contributed by atoms with Gasteiger partial charge in [-0.1, -0.05) is 18.2 Å². The fourth-order valence-electron chi connectivity index (χ4n) is 3.58. The number of rotatable bonds is 2. The molecule has 6 nitrogen and oxygen atoms in total. The zero-order chi connectivity index (χ0) is 18.9. The first-order chi connectivity index (χ1) is 12.3. The number of likely N-dealkylation sites (tertiary alicyclic amines) is 1. The van der Waals surface area contributed by atoms with Gasteiger partial charge in [0.2, 0.25) is 11.8 Å². The Labute approximate surface area is 154 Å². The van der Waals surface area contributed by atoms with Gasteiger partial charge in [0, 0.05) is 25.9 Å². The van der Waals surface area contributed by atoms with Crippen LogP contribution in [0.2, 0.25) is 0 Å². The molecule has 0 aliphatic carbocycles. The molecular formula is C20H26N2O4. The molecular weight excluding hydrogens is 332 g/mol. The number of anilines is 1. The number of amides is 3. The lowest BCUT2D eigenvalue weighted by atomic mass is 9.88. The molecule has 0 bridgehead atoms. The minimum atomic E-state index is -0.503. The lowest BCUT2D eigenvalue weighted by Gasteiger charge is -2.34. The number of carbonyl (C=O) groups is 3. The van der Waals surface area contributed by atoms with Crippen molar-refractivity contribution in [3.8, 4) is 0 Å². The van der Waals surface area contributed by atoms with Crippen LogP contribution in [-0.2, 0) is 14.3 Å². The normalized spacial score (nSPS) is 19.2. The maximum Gasteiger partial charge on any atom is 0.410 e. The summed E-state index contributed by atoms with van der Waals surface area (Å²) >= 11 is 0. The van der Waals surface area contributed by atoms with E-state index in [0.29, 0.717) is 18.8 Å². The number of carbonyl (C=O) groups excluding carboxylic acids is 3. The highest BCUT2D eigenvalue weighted by Crippen LogP contribution is 2.36. The van der Waals surface area contributed by atoms with Gasteiger partial charge in [0.1, 0.15) is 5.60 Å². The fraction of sp³-hybridized carbons (Fsp3) is 0.550. The molecule has 2 aliphatic heterocycles. The third-order valence-electron chi connectivity index (χ3n) is 4.82. The van der Waals surface area contributed by atoms with Gasteiger partial charge in [-0.2, -0.15) is 0 Å². The summed E-state index contributed by atoms with van der Waals surface area (Å²) in [6, 6.07) is 7.62. The summed E-state index contributed by atoms with van der Waals surface area (Å²) in [5, 5.41) is 0. The summed E-state index contributed by atoms with van der Waals surface area (Å²) in [7, 11) is 0. The number of para-hydroxylation sites is 1. The van der Waals surface area contributed by atoms with Gasteiger partial charge in [-0.3, -0.25) is 14.5 Å². The van der Waals surface area contributed by atoms with Crippen LogP contribution in [0.5, 0.6) is 0 Å². The number of piperidine rings is 1. The number of ether oxygens (including phenoxy) is 1. The Morgan fingerprint density at radius 2 is 1.62 bits per heavy atom. The first-order valence-corrected chi connectivity index (χ1v) is 9.19. The Morgan fingerprint density at radius 1 is 1.04 bits per heavy atom. The smallest absolute Gasteiger partial charge is 0.410 e. The Bertz CT molecular complexity index is 699. The molecule has 2 aliphatic rings. The fourth-order valence-corrected chi connectivity index (χ4v) is 3.58. The average Bonchev–Trinajstić information content (AvgIpc) is 2.92. The van der Waals surface area contributed by atoms with E-state index in [4.69, 9.17) is 4.74 Å². The molecule has 1 aromatic rings. The first-order valence-electron chi connectivity index (χ1n) is 9.19.